The molecule has 2 rings (SSSR count). The number of alkyl halides is 2. The molecule has 0 aromatic carbocycles. The maximum absolute atomic E-state index is 12.0. The van der Waals surface area contributed by atoms with Gasteiger partial charge in [0.05, 0.1) is 11.8 Å². The molecule has 0 amide bonds. The molecule has 80 valence electrons. The largest absolute Gasteiger partial charge is 0.374 e. The minimum absolute atomic E-state index is 0.339. The van der Waals surface area contributed by atoms with Crippen LogP contribution < -0.4 is 5.73 Å². The molecule has 2 N–H and O–H groups in total. The first kappa shape index (κ1) is 9.97. The van der Waals surface area contributed by atoms with Gasteiger partial charge in [0.25, 0.3) is 6.43 Å². The van der Waals surface area contributed by atoms with Gasteiger partial charge in [-0.15, -0.1) is 10.2 Å². The standard InChI is InChI=1S/C7H7F2N5S/c8-5(9)3-14-2-4(1-11-14)6-12-13-7(10)15-6/h1-2,5H,3H2,(H2,10,13). The first-order chi connectivity index (χ1) is 7.15. The summed E-state index contributed by atoms with van der Waals surface area (Å²) >= 11 is 1.19. The van der Waals surface area contributed by atoms with E-state index in [4.69, 9.17) is 5.73 Å². The number of aromatic nitrogens is 4. The van der Waals surface area contributed by atoms with Gasteiger partial charge < -0.3 is 5.73 Å². The molecule has 0 saturated heterocycles. The van der Waals surface area contributed by atoms with Crippen LogP contribution in [0.1, 0.15) is 0 Å². The molecule has 0 fully saturated rings. The van der Waals surface area contributed by atoms with Gasteiger partial charge in [0.15, 0.2) is 5.01 Å². The van der Waals surface area contributed by atoms with E-state index in [-0.39, 0.29) is 0 Å². The van der Waals surface area contributed by atoms with Gasteiger partial charge in [-0.2, -0.15) is 5.10 Å². The molecule has 0 aliphatic carbocycles. The van der Waals surface area contributed by atoms with Crippen molar-refractivity contribution in [3.8, 4) is 10.6 Å². The van der Waals surface area contributed by atoms with Gasteiger partial charge in [-0.05, 0) is 0 Å². The molecule has 0 saturated carbocycles. The van der Waals surface area contributed by atoms with Gasteiger partial charge in [0, 0.05) is 6.20 Å². The highest BCUT2D eigenvalue weighted by Crippen LogP contribution is 2.23. The van der Waals surface area contributed by atoms with Crippen LogP contribution >= 0.6 is 11.3 Å². The Balaban J connectivity index is 2.20. The number of hydrogen-bond acceptors (Lipinski definition) is 5. The molecule has 0 unspecified atom stereocenters. The molecule has 0 spiro atoms. The number of nitrogens with two attached hydrogens (primary N) is 1. The average Bonchev–Trinajstić information content (AvgIpc) is 2.72. The quantitative estimate of drug-likeness (QED) is 0.863. The van der Waals surface area contributed by atoms with Crippen molar-refractivity contribution >= 4 is 16.5 Å². The summed E-state index contributed by atoms with van der Waals surface area (Å²) in [6.45, 7) is -0.422. The van der Waals surface area contributed by atoms with Crippen LogP contribution in [0.2, 0.25) is 0 Å². The molecule has 0 aliphatic rings. The highest BCUT2D eigenvalue weighted by molar-refractivity contribution is 7.18. The molecule has 0 bridgehead atoms. The fraction of sp³-hybridized carbons (Fsp3) is 0.286. The van der Waals surface area contributed by atoms with Crippen LogP contribution in [-0.4, -0.2) is 26.4 Å². The van der Waals surface area contributed by atoms with Crippen LogP contribution in [0, 0.1) is 0 Å². The second-order valence-corrected chi connectivity index (χ2v) is 3.80. The predicted molar refractivity (Wildman–Crippen MR) is 51.5 cm³/mol. The zero-order valence-corrected chi connectivity index (χ0v) is 8.29. The first-order valence-corrected chi connectivity index (χ1v) is 4.87. The zero-order valence-electron chi connectivity index (χ0n) is 7.47. The summed E-state index contributed by atoms with van der Waals surface area (Å²) in [5.41, 5.74) is 6.04. The lowest BCUT2D eigenvalue weighted by Gasteiger charge is -1.97. The van der Waals surface area contributed by atoms with Crippen molar-refractivity contribution in [3.63, 3.8) is 0 Å². The topological polar surface area (TPSA) is 69.6 Å². The Bertz CT molecular complexity index is 452. The zero-order chi connectivity index (χ0) is 10.8. The third-order valence-corrected chi connectivity index (χ3v) is 2.45. The molecule has 2 aromatic rings. The number of anilines is 1. The number of nitrogens with zero attached hydrogens (tertiary/aromatic N) is 4. The van der Waals surface area contributed by atoms with E-state index in [0.29, 0.717) is 15.7 Å². The minimum Gasteiger partial charge on any atom is -0.374 e. The van der Waals surface area contributed by atoms with E-state index in [1.54, 1.807) is 0 Å². The van der Waals surface area contributed by atoms with Crippen LogP contribution in [0.4, 0.5) is 13.9 Å². The molecule has 0 aliphatic heterocycles. The molecule has 8 heteroatoms. The Morgan fingerprint density at radius 3 is 2.87 bits per heavy atom. The average molecular weight is 231 g/mol. The Morgan fingerprint density at radius 2 is 2.27 bits per heavy atom. The van der Waals surface area contributed by atoms with Crippen LogP contribution in [0.3, 0.4) is 0 Å². The van der Waals surface area contributed by atoms with Crippen molar-refractivity contribution in [3.05, 3.63) is 12.4 Å². The van der Waals surface area contributed by atoms with Gasteiger partial charge >= 0.3 is 0 Å². The third kappa shape index (κ3) is 2.27. The van der Waals surface area contributed by atoms with E-state index >= 15 is 0 Å². The van der Waals surface area contributed by atoms with Gasteiger partial charge in [0.2, 0.25) is 5.13 Å². The van der Waals surface area contributed by atoms with Crippen molar-refractivity contribution in [2.24, 2.45) is 0 Å². The fourth-order valence-corrected chi connectivity index (χ4v) is 1.65. The van der Waals surface area contributed by atoms with Crippen molar-refractivity contribution in [2.45, 2.75) is 13.0 Å². The number of rotatable bonds is 3. The monoisotopic (exact) mass is 231 g/mol. The van der Waals surface area contributed by atoms with Crippen molar-refractivity contribution in [2.75, 3.05) is 5.73 Å². The minimum atomic E-state index is -2.42. The Morgan fingerprint density at radius 1 is 1.47 bits per heavy atom. The summed E-state index contributed by atoms with van der Waals surface area (Å²) in [4.78, 5) is 0. The maximum Gasteiger partial charge on any atom is 0.257 e. The Labute approximate surface area is 87.5 Å². The molecule has 2 heterocycles. The second kappa shape index (κ2) is 3.89. The van der Waals surface area contributed by atoms with Crippen LogP contribution in [0.15, 0.2) is 12.4 Å². The first-order valence-electron chi connectivity index (χ1n) is 4.05. The summed E-state index contributed by atoms with van der Waals surface area (Å²) in [5, 5.41) is 12.1. The maximum atomic E-state index is 12.0. The van der Waals surface area contributed by atoms with Crippen molar-refractivity contribution in [1.29, 1.82) is 0 Å². The van der Waals surface area contributed by atoms with E-state index in [0.717, 1.165) is 4.68 Å². The summed E-state index contributed by atoms with van der Waals surface area (Å²) in [6, 6.07) is 0. The molecular formula is C7H7F2N5S. The second-order valence-electron chi connectivity index (χ2n) is 2.79. The predicted octanol–water partition coefficient (Wildman–Crippen LogP) is 1.25. The van der Waals surface area contributed by atoms with Crippen LogP contribution in [-0.2, 0) is 6.54 Å². The van der Waals surface area contributed by atoms with Gasteiger partial charge in [-0.25, -0.2) is 8.78 Å². The number of nitrogen functional groups attached to an aromatic ring is 1. The summed E-state index contributed by atoms with van der Waals surface area (Å²) in [7, 11) is 0. The molecular weight excluding hydrogens is 224 g/mol. The fourth-order valence-electron chi connectivity index (χ4n) is 1.07. The molecule has 0 radical (unpaired) electrons. The van der Waals surface area contributed by atoms with E-state index in [2.05, 4.69) is 15.3 Å². The van der Waals surface area contributed by atoms with Crippen molar-refractivity contribution < 1.29 is 8.78 Å². The molecule has 2 aromatic heterocycles. The normalized spacial score (nSPS) is 11.1. The Hall–Kier alpha value is -1.57. The highest BCUT2D eigenvalue weighted by atomic mass is 32.1. The third-order valence-electron chi connectivity index (χ3n) is 1.65. The smallest absolute Gasteiger partial charge is 0.257 e. The van der Waals surface area contributed by atoms with Crippen molar-refractivity contribution in [1.82, 2.24) is 20.0 Å². The van der Waals surface area contributed by atoms with E-state index in [9.17, 15) is 8.78 Å². The lowest BCUT2D eigenvalue weighted by molar-refractivity contribution is 0.122. The van der Waals surface area contributed by atoms with Gasteiger partial charge in [-0.1, -0.05) is 11.3 Å². The van der Waals surface area contributed by atoms with Gasteiger partial charge in [0.1, 0.15) is 6.54 Å². The highest BCUT2D eigenvalue weighted by Gasteiger charge is 2.09. The number of halogens is 2. The van der Waals surface area contributed by atoms with E-state index in [1.807, 2.05) is 0 Å². The molecule has 0 atom stereocenters. The SMILES string of the molecule is Nc1nnc(-c2cnn(CC(F)F)c2)s1. The summed E-state index contributed by atoms with van der Waals surface area (Å²) in [6.07, 6.45) is 0.534. The summed E-state index contributed by atoms with van der Waals surface area (Å²) in [5.74, 6) is 0. The van der Waals surface area contributed by atoms with E-state index in [1.165, 1.54) is 23.7 Å². The lowest BCUT2D eigenvalue weighted by atomic mass is 10.4. The van der Waals surface area contributed by atoms with Gasteiger partial charge in [-0.3, -0.25) is 4.68 Å². The summed E-state index contributed by atoms with van der Waals surface area (Å²) < 4.78 is 25.2. The Kier molecular flexibility index (Phi) is 2.58. The number of hydrogen-bond donors (Lipinski definition) is 1. The lowest BCUT2D eigenvalue weighted by Crippen LogP contribution is -2.06. The van der Waals surface area contributed by atoms with Crippen LogP contribution in [0.25, 0.3) is 10.6 Å². The van der Waals surface area contributed by atoms with E-state index < -0.39 is 13.0 Å². The molecule has 15 heavy (non-hydrogen) atoms. The van der Waals surface area contributed by atoms with Crippen LogP contribution in [0.5, 0.6) is 0 Å². The molecule has 5 nitrogen and oxygen atoms in total.